The number of alkyl halides is 3. The van der Waals surface area contributed by atoms with Crippen molar-refractivity contribution in [2.24, 2.45) is 0 Å². The Morgan fingerprint density at radius 3 is 2.64 bits per heavy atom. The largest absolute Gasteiger partial charge is 0.462 e. The molecule has 2 amide bonds. The molecule has 28 heavy (non-hydrogen) atoms. The van der Waals surface area contributed by atoms with Crippen LogP contribution in [-0.2, 0) is 10.9 Å². The number of anilines is 2. The molecule has 10 heteroatoms. The van der Waals surface area contributed by atoms with Crippen molar-refractivity contribution in [1.82, 2.24) is 4.98 Å². The fraction of sp³-hybridized carbons (Fsp3) is 0.167. The topological polar surface area (TPSA) is 80.3 Å². The summed E-state index contributed by atoms with van der Waals surface area (Å²) < 4.78 is 43.8. The van der Waals surface area contributed by atoms with Crippen LogP contribution in [0.5, 0.6) is 0 Å². The van der Waals surface area contributed by atoms with E-state index in [0.29, 0.717) is 15.8 Å². The number of hydrogen-bond acceptors (Lipinski definition) is 5. The van der Waals surface area contributed by atoms with E-state index in [2.05, 4.69) is 15.6 Å². The average Bonchev–Trinajstić information content (AvgIpc) is 3.02. The van der Waals surface area contributed by atoms with Gasteiger partial charge in [-0.15, -0.1) is 0 Å². The second-order valence-corrected chi connectivity index (χ2v) is 6.61. The third-order valence-electron chi connectivity index (χ3n) is 3.57. The quantitative estimate of drug-likeness (QED) is 0.585. The summed E-state index contributed by atoms with van der Waals surface area (Å²) in [5.74, 6) is -0.463. The first-order valence-electron chi connectivity index (χ1n) is 8.09. The third kappa shape index (κ3) is 4.58. The molecule has 3 rings (SSSR count). The summed E-state index contributed by atoms with van der Waals surface area (Å²) in [6.07, 6.45) is -4.50. The van der Waals surface area contributed by atoms with Crippen molar-refractivity contribution in [3.63, 3.8) is 0 Å². The number of carbonyl (C=O) groups excluding carboxylic acids is 2. The van der Waals surface area contributed by atoms with Crippen molar-refractivity contribution in [2.75, 3.05) is 17.2 Å². The molecule has 0 aliphatic heterocycles. The number of rotatable bonds is 4. The molecule has 2 aromatic carbocycles. The van der Waals surface area contributed by atoms with Gasteiger partial charge in [-0.1, -0.05) is 17.4 Å². The molecule has 0 aliphatic carbocycles. The molecule has 1 heterocycles. The van der Waals surface area contributed by atoms with E-state index in [0.717, 1.165) is 23.5 Å². The summed E-state index contributed by atoms with van der Waals surface area (Å²) in [4.78, 5) is 28.1. The van der Waals surface area contributed by atoms with Crippen LogP contribution < -0.4 is 10.6 Å². The van der Waals surface area contributed by atoms with Gasteiger partial charge in [0, 0.05) is 5.69 Å². The summed E-state index contributed by atoms with van der Waals surface area (Å²) >= 11 is 1.12. The fourth-order valence-corrected chi connectivity index (χ4v) is 3.25. The molecule has 146 valence electrons. The van der Waals surface area contributed by atoms with E-state index in [4.69, 9.17) is 4.74 Å². The monoisotopic (exact) mass is 409 g/mol. The lowest BCUT2D eigenvalue weighted by molar-refractivity contribution is -0.137. The van der Waals surface area contributed by atoms with Crippen LogP contribution in [0, 0.1) is 0 Å². The van der Waals surface area contributed by atoms with Crippen LogP contribution in [0.2, 0.25) is 0 Å². The van der Waals surface area contributed by atoms with Crippen LogP contribution in [0.3, 0.4) is 0 Å². The Morgan fingerprint density at radius 2 is 1.93 bits per heavy atom. The molecule has 0 aliphatic rings. The second-order valence-electron chi connectivity index (χ2n) is 5.58. The Bertz CT molecular complexity index is 1030. The summed E-state index contributed by atoms with van der Waals surface area (Å²) in [7, 11) is 0. The summed E-state index contributed by atoms with van der Waals surface area (Å²) in [5.41, 5.74) is 0.0557. The summed E-state index contributed by atoms with van der Waals surface area (Å²) in [6.45, 7) is 1.95. The molecule has 2 N–H and O–H groups in total. The number of esters is 1. The van der Waals surface area contributed by atoms with Crippen LogP contribution in [0.4, 0.5) is 28.8 Å². The van der Waals surface area contributed by atoms with Gasteiger partial charge in [-0.05, 0) is 43.3 Å². The van der Waals surface area contributed by atoms with Gasteiger partial charge in [-0.25, -0.2) is 14.6 Å². The minimum atomic E-state index is -4.50. The fourth-order valence-electron chi connectivity index (χ4n) is 2.35. The van der Waals surface area contributed by atoms with E-state index in [1.807, 2.05) is 0 Å². The number of ether oxygens (including phenoxy) is 1. The predicted molar refractivity (Wildman–Crippen MR) is 99.7 cm³/mol. The molecule has 0 spiro atoms. The van der Waals surface area contributed by atoms with Gasteiger partial charge in [0.05, 0.1) is 28.0 Å². The Balaban J connectivity index is 1.72. The molecule has 0 bridgehead atoms. The lowest BCUT2D eigenvalue weighted by Gasteiger charge is -2.09. The molecule has 1 aromatic heterocycles. The van der Waals surface area contributed by atoms with Crippen LogP contribution >= 0.6 is 11.3 Å². The van der Waals surface area contributed by atoms with Gasteiger partial charge in [0.15, 0.2) is 5.13 Å². The maximum absolute atomic E-state index is 12.7. The van der Waals surface area contributed by atoms with Gasteiger partial charge < -0.3 is 10.1 Å². The number of benzene rings is 2. The Labute approximate surface area is 161 Å². The third-order valence-corrected chi connectivity index (χ3v) is 4.50. The normalized spacial score (nSPS) is 11.3. The number of nitrogens with one attached hydrogen (secondary N) is 2. The van der Waals surface area contributed by atoms with E-state index in [-0.39, 0.29) is 17.4 Å². The molecule has 0 saturated heterocycles. The zero-order chi connectivity index (χ0) is 20.3. The number of thiazole rings is 1. The van der Waals surface area contributed by atoms with Gasteiger partial charge in [0.2, 0.25) is 0 Å². The van der Waals surface area contributed by atoms with Crippen molar-refractivity contribution >= 4 is 44.4 Å². The number of halogens is 3. The summed E-state index contributed by atoms with van der Waals surface area (Å²) in [5, 5.41) is 5.04. The standard InChI is InChI=1S/C18H14F3N3O3S/c1-2-27-15(25)10-6-7-13-14(8-10)28-17(23-13)24-16(26)22-12-5-3-4-11(9-12)18(19,20)21/h3-9H,2H2,1H3,(H2,22,23,24,26). The van der Waals surface area contributed by atoms with E-state index in [1.54, 1.807) is 25.1 Å². The maximum atomic E-state index is 12.7. The first kappa shape index (κ1) is 19.6. The Kier molecular flexibility index (Phi) is 5.50. The summed E-state index contributed by atoms with van der Waals surface area (Å²) in [6, 6.07) is 8.35. The second kappa shape index (κ2) is 7.85. The Morgan fingerprint density at radius 1 is 1.14 bits per heavy atom. The van der Waals surface area contributed by atoms with Gasteiger partial charge in [0.25, 0.3) is 0 Å². The molecule has 0 saturated carbocycles. The molecular weight excluding hydrogens is 395 g/mol. The first-order chi connectivity index (χ1) is 13.3. The molecule has 0 unspecified atom stereocenters. The van der Waals surface area contributed by atoms with Gasteiger partial charge >= 0.3 is 18.2 Å². The zero-order valence-electron chi connectivity index (χ0n) is 14.5. The highest BCUT2D eigenvalue weighted by Gasteiger charge is 2.30. The van der Waals surface area contributed by atoms with Crippen LogP contribution in [0.15, 0.2) is 42.5 Å². The van der Waals surface area contributed by atoms with Crippen molar-refractivity contribution in [1.29, 1.82) is 0 Å². The van der Waals surface area contributed by atoms with E-state index in [9.17, 15) is 22.8 Å². The lowest BCUT2D eigenvalue weighted by atomic mass is 10.2. The van der Waals surface area contributed by atoms with Gasteiger partial charge in [-0.2, -0.15) is 13.2 Å². The smallest absolute Gasteiger partial charge is 0.416 e. The van der Waals surface area contributed by atoms with Crippen molar-refractivity contribution < 1.29 is 27.5 Å². The van der Waals surface area contributed by atoms with Gasteiger partial charge in [0.1, 0.15) is 0 Å². The number of fused-ring (bicyclic) bond motifs is 1. The molecule has 0 radical (unpaired) electrons. The Hall–Kier alpha value is -3.14. The highest BCUT2D eigenvalue weighted by molar-refractivity contribution is 7.22. The number of hydrogen-bond donors (Lipinski definition) is 2. The van der Waals surface area contributed by atoms with E-state index in [1.165, 1.54) is 12.1 Å². The van der Waals surface area contributed by atoms with E-state index < -0.39 is 23.7 Å². The molecule has 0 atom stereocenters. The van der Waals surface area contributed by atoms with Crippen molar-refractivity contribution in [3.8, 4) is 0 Å². The molecule has 0 fully saturated rings. The van der Waals surface area contributed by atoms with Crippen molar-refractivity contribution in [2.45, 2.75) is 13.1 Å². The SMILES string of the molecule is CCOC(=O)c1ccc2nc(NC(=O)Nc3cccc(C(F)(F)F)c3)sc2c1. The van der Waals surface area contributed by atoms with Crippen LogP contribution in [-0.4, -0.2) is 23.6 Å². The minimum Gasteiger partial charge on any atom is -0.462 e. The number of amides is 2. The van der Waals surface area contributed by atoms with Crippen molar-refractivity contribution in [3.05, 3.63) is 53.6 Å². The molecule has 6 nitrogen and oxygen atoms in total. The minimum absolute atomic E-state index is 0.00182. The van der Waals surface area contributed by atoms with Crippen LogP contribution in [0.1, 0.15) is 22.8 Å². The number of aromatic nitrogens is 1. The molecular formula is C18H14F3N3O3S. The van der Waals surface area contributed by atoms with E-state index >= 15 is 0 Å². The number of carbonyl (C=O) groups is 2. The first-order valence-corrected chi connectivity index (χ1v) is 8.91. The number of urea groups is 1. The highest BCUT2D eigenvalue weighted by atomic mass is 32.1. The lowest BCUT2D eigenvalue weighted by Crippen LogP contribution is -2.19. The molecule has 3 aromatic rings. The van der Waals surface area contributed by atoms with Crippen LogP contribution in [0.25, 0.3) is 10.2 Å². The van der Waals surface area contributed by atoms with Gasteiger partial charge in [-0.3, -0.25) is 5.32 Å². The highest BCUT2D eigenvalue weighted by Crippen LogP contribution is 2.31. The zero-order valence-corrected chi connectivity index (χ0v) is 15.3. The predicted octanol–water partition coefficient (Wildman–Crippen LogP) is 5.14. The average molecular weight is 409 g/mol. The number of nitrogens with zero attached hydrogens (tertiary/aromatic N) is 1. The maximum Gasteiger partial charge on any atom is 0.416 e.